The van der Waals surface area contributed by atoms with E-state index in [1.54, 1.807) is 36.4 Å². The molecule has 0 aliphatic carbocycles. The van der Waals surface area contributed by atoms with Crippen molar-refractivity contribution in [2.24, 2.45) is 0 Å². The molecule has 8 nitrogen and oxygen atoms in total. The fourth-order valence-electron chi connectivity index (χ4n) is 4.51. The van der Waals surface area contributed by atoms with Gasteiger partial charge in [-0.15, -0.1) is 23.1 Å². The Morgan fingerprint density at radius 2 is 1.86 bits per heavy atom. The molecule has 2 aromatic carbocycles. The molecule has 3 heterocycles. The number of hydrogen-bond acceptors (Lipinski definition) is 9. The van der Waals surface area contributed by atoms with E-state index in [0.29, 0.717) is 28.6 Å². The number of anilines is 1. The Morgan fingerprint density at radius 1 is 1.10 bits per heavy atom. The first-order chi connectivity index (χ1) is 20.2. The normalized spacial score (nSPS) is 14.2. The summed E-state index contributed by atoms with van der Waals surface area (Å²) in [6.07, 6.45) is 0.697. The molecular formula is C29H28F3N5O3S2. The van der Waals surface area contributed by atoms with E-state index in [0.717, 1.165) is 65.2 Å². The standard InChI is InChI=1S/C29H28F3N5O3S2/c1-19-14-22(6-7-24(19)40-17-27(38)39)41-18-25-23(16-36-10-12-37(13-11-36)26-15-33-8-9-34-26)35-28(42-25)20-2-4-21(5-3-20)29(30,31)32/h2-9,14-15H,10-13,16-18H2,1H3,(H,38,39). The van der Waals surface area contributed by atoms with E-state index < -0.39 is 24.3 Å². The van der Waals surface area contributed by atoms with Gasteiger partial charge in [0.05, 0.1) is 17.5 Å². The van der Waals surface area contributed by atoms with Crippen molar-refractivity contribution < 1.29 is 27.8 Å². The number of carbonyl (C=O) groups is 1. The molecule has 0 amide bonds. The predicted molar refractivity (Wildman–Crippen MR) is 156 cm³/mol. The van der Waals surface area contributed by atoms with Crippen molar-refractivity contribution in [1.29, 1.82) is 0 Å². The van der Waals surface area contributed by atoms with Gasteiger partial charge in [-0.05, 0) is 42.8 Å². The van der Waals surface area contributed by atoms with Gasteiger partial charge in [0.1, 0.15) is 16.6 Å². The first-order valence-corrected chi connectivity index (χ1v) is 14.9. The number of aromatic nitrogens is 3. The van der Waals surface area contributed by atoms with E-state index in [4.69, 9.17) is 14.8 Å². The van der Waals surface area contributed by atoms with Gasteiger partial charge in [0.25, 0.3) is 0 Å². The predicted octanol–water partition coefficient (Wildman–Crippen LogP) is 6.01. The zero-order valence-corrected chi connectivity index (χ0v) is 24.3. The number of carboxylic acid groups (broad SMARTS) is 1. The number of thioether (sulfide) groups is 1. The van der Waals surface area contributed by atoms with Gasteiger partial charge in [-0.1, -0.05) is 12.1 Å². The molecule has 4 aromatic rings. The molecule has 1 aliphatic heterocycles. The number of halogens is 3. The Balaban J connectivity index is 1.32. The van der Waals surface area contributed by atoms with Crippen LogP contribution >= 0.6 is 23.1 Å². The molecule has 0 saturated carbocycles. The van der Waals surface area contributed by atoms with Crippen LogP contribution in [0.5, 0.6) is 5.75 Å². The number of thiazole rings is 1. The highest BCUT2D eigenvalue weighted by Crippen LogP contribution is 2.36. The number of rotatable bonds is 10. The summed E-state index contributed by atoms with van der Waals surface area (Å²) in [5.74, 6) is 0.958. The summed E-state index contributed by atoms with van der Waals surface area (Å²) in [7, 11) is 0. The number of benzene rings is 2. The molecule has 0 radical (unpaired) electrons. The molecule has 0 bridgehead atoms. The average Bonchev–Trinajstić information content (AvgIpc) is 3.38. The fourth-order valence-corrected chi connectivity index (χ4v) is 6.68. The van der Waals surface area contributed by atoms with Gasteiger partial charge in [0.15, 0.2) is 6.61 Å². The maximum absolute atomic E-state index is 13.1. The number of hydrogen-bond donors (Lipinski definition) is 1. The van der Waals surface area contributed by atoms with Crippen LogP contribution < -0.4 is 9.64 Å². The number of carboxylic acids is 1. The minimum Gasteiger partial charge on any atom is -0.482 e. The van der Waals surface area contributed by atoms with Gasteiger partial charge >= 0.3 is 12.1 Å². The molecule has 220 valence electrons. The lowest BCUT2D eigenvalue weighted by Gasteiger charge is -2.35. The second kappa shape index (κ2) is 13.1. The number of aliphatic carboxylic acids is 1. The van der Waals surface area contributed by atoms with Gasteiger partial charge in [0, 0.05) is 66.2 Å². The molecule has 1 saturated heterocycles. The molecule has 2 aromatic heterocycles. The van der Waals surface area contributed by atoms with E-state index in [-0.39, 0.29) is 0 Å². The van der Waals surface area contributed by atoms with Crippen LogP contribution in [0.1, 0.15) is 21.7 Å². The zero-order valence-electron chi connectivity index (χ0n) is 22.7. The number of alkyl halides is 3. The van der Waals surface area contributed by atoms with Gasteiger partial charge in [0.2, 0.25) is 0 Å². The molecule has 0 atom stereocenters. The monoisotopic (exact) mass is 615 g/mol. The van der Waals surface area contributed by atoms with Gasteiger partial charge in [-0.3, -0.25) is 9.88 Å². The first-order valence-electron chi connectivity index (χ1n) is 13.1. The number of nitrogens with zero attached hydrogens (tertiary/aromatic N) is 5. The van der Waals surface area contributed by atoms with Gasteiger partial charge in [-0.25, -0.2) is 14.8 Å². The average molecular weight is 616 g/mol. The number of aryl methyl sites for hydroxylation is 1. The summed E-state index contributed by atoms with van der Waals surface area (Å²) < 4.78 is 44.7. The van der Waals surface area contributed by atoms with E-state index in [1.807, 2.05) is 19.1 Å². The van der Waals surface area contributed by atoms with Crippen molar-refractivity contribution >= 4 is 34.9 Å². The van der Waals surface area contributed by atoms with Crippen LogP contribution in [0.2, 0.25) is 0 Å². The minimum atomic E-state index is -4.39. The summed E-state index contributed by atoms with van der Waals surface area (Å²) in [5.41, 5.74) is 1.70. The number of piperazine rings is 1. The van der Waals surface area contributed by atoms with Crippen molar-refractivity contribution in [2.45, 2.75) is 30.3 Å². The first kappa shape index (κ1) is 29.8. The third-order valence-electron chi connectivity index (χ3n) is 6.72. The second-order valence-electron chi connectivity index (χ2n) is 9.69. The largest absolute Gasteiger partial charge is 0.482 e. The SMILES string of the molecule is Cc1cc(SCc2sc(-c3ccc(C(F)(F)F)cc3)nc2CN2CCN(c3cnccn3)CC2)ccc1OCC(=O)O. The van der Waals surface area contributed by atoms with Crippen molar-refractivity contribution in [3.8, 4) is 16.3 Å². The van der Waals surface area contributed by atoms with Crippen molar-refractivity contribution in [3.05, 3.63) is 82.8 Å². The Labute approximate surface area is 249 Å². The van der Waals surface area contributed by atoms with Gasteiger partial charge in [-0.2, -0.15) is 13.2 Å². The second-order valence-corrected chi connectivity index (χ2v) is 11.8. The van der Waals surface area contributed by atoms with Crippen LogP contribution in [0, 0.1) is 6.92 Å². The molecule has 1 N–H and O–H groups in total. The highest BCUT2D eigenvalue weighted by Gasteiger charge is 2.30. The smallest absolute Gasteiger partial charge is 0.416 e. The molecule has 1 aliphatic rings. The zero-order chi connectivity index (χ0) is 29.7. The fraction of sp³-hybridized carbons (Fsp3) is 0.310. The number of ether oxygens (including phenoxy) is 1. The third-order valence-corrected chi connectivity index (χ3v) is 9.07. The maximum atomic E-state index is 13.1. The molecule has 0 unspecified atom stereocenters. The lowest BCUT2D eigenvalue weighted by molar-refractivity contribution is -0.139. The molecule has 42 heavy (non-hydrogen) atoms. The lowest BCUT2D eigenvalue weighted by Crippen LogP contribution is -2.46. The summed E-state index contributed by atoms with van der Waals surface area (Å²) in [4.78, 5) is 30.8. The van der Waals surface area contributed by atoms with Crippen LogP contribution in [-0.4, -0.2) is 63.7 Å². The van der Waals surface area contributed by atoms with Crippen LogP contribution in [0.3, 0.4) is 0 Å². The quantitative estimate of drug-likeness (QED) is 0.216. The van der Waals surface area contributed by atoms with Gasteiger partial charge < -0.3 is 14.7 Å². The molecule has 5 rings (SSSR count). The Hall–Kier alpha value is -3.68. The van der Waals surface area contributed by atoms with Crippen molar-refractivity contribution in [2.75, 3.05) is 37.7 Å². The Bertz CT molecular complexity index is 1510. The maximum Gasteiger partial charge on any atom is 0.416 e. The molecule has 0 spiro atoms. The summed E-state index contributed by atoms with van der Waals surface area (Å²) in [6.45, 7) is 5.31. The van der Waals surface area contributed by atoms with Crippen LogP contribution in [-0.2, 0) is 23.3 Å². The van der Waals surface area contributed by atoms with Crippen molar-refractivity contribution in [1.82, 2.24) is 19.9 Å². The van der Waals surface area contributed by atoms with Crippen LogP contribution in [0.25, 0.3) is 10.6 Å². The highest BCUT2D eigenvalue weighted by molar-refractivity contribution is 7.98. The van der Waals surface area contributed by atoms with E-state index in [2.05, 4.69) is 19.8 Å². The Kier molecular flexibility index (Phi) is 9.29. The van der Waals surface area contributed by atoms with E-state index >= 15 is 0 Å². The highest BCUT2D eigenvalue weighted by atomic mass is 32.2. The van der Waals surface area contributed by atoms with Crippen LogP contribution in [0.4, 0.5) is 19.0 Å². The summed E-state index contributed by atoms with van der Waals surface area (Å²) >= 11 is 3.11. The molecular weight excluding hydrogens is 587 g/mol. The van der Waals surface area contributed by atoms with E-state index in [1.165, 1.54) is 23.5 Å². The topological polar surface area (TPSA) is 91.7 Å². The summed E-state index contributed by atoms with van der Waals surface area (Å²) in [5, 5.41) is 9.56. The lowest BCUT2D eigenvalue weighted by atomic mass is 10.1. The molecule has 1 fully saturated rings. The minimum absolute atomic E-state index is 0.405. The van der Waals surface area contributed by atoms with Crippen molar-refractivity contribution in [3.63, 3.8) is 0 Å². The van der Waals surface area contributed by atoms with Crippen LogP contribution in [0.15, 0.2) is 66.0 Å². The summed E-state index contributed by atoms with van der Waals surface area (Å²) in [6, 6.07) is 10.7. The van der Waals surface area contributed by atoms with E-state index in [9.17, 15) is 18.0 Å². The third kappa shape index (κ3) is 7.58. The Morgan fingerprint density at radius 3 is 2.50 bits per heavy atom. The molecule has 13 heteroatoms.